The zero-order valence-electron chi connectivity index (χ0n) is 68.4. The standard InChI is InChI=1S/C70H113N5O53/c1-18(83)72-36-24(89)7-68(64(107)108,124-54(36)40(94)27(92)10-76)122-32(14-80)45(99)56-38(74-20(3)85)26(91)9-70(126-56,66(111)112)128-58-49(103)62(118-50-33(15-81)114-59(104)47(101)46(50)100)117-34(16-82)51(58)119-60-39(75-21(4)86)53(42(96)29(11-77)115-60)120-61-48(102)57(43(97)30(12-78)116-61)127-69(65(109)110)8-25(90)37(73-19(2)84)55(125-69)44(98)31(13-79)121-67(63(105)106)6-23(88)35(71)52(123-67)41(95)28(93)17-113-22(5)87/h23-62,76-82,88-104H,6-17,71H2,1-5H3,(H,72,83)(H,73,84)(H,74,85)(H,75,86)(H,105,106)(H,107,108)(H,109,110)(H,111,112)/t23-,24-,25-,26-,27+,28+,29+,30+,31+,32+,33+,34+,35+,36+,37+,38+,39+,40+,41+,42-,43-,44+,45+,46+,47+,48+,49+,50+,51-,52+,53+,54+,55+,56+,57-,58+,59+,60-,61-,62-,67+,68+,69-,70-/m0/s1. The molecule has 0 aliphatic carbocycles. The fourth-order valence-corrected chi connectivity index (χ4v) is 16.1. The highest BCUT2D eigenvalue weighted by Gasteiger charge is 2.67. The largest absolute Gasteiger partial charge is 0.477 e. The van der Waals surface area contributed by atoms with Gasteiger partial charge >= 0.3 is 29.8 Å². The van der Waals surface area contributed by atoms with E-state index in [1.54, 1.807) is 0 Å². The van der Waals surface area contributed by atoms with Crippen LogP contribution in [0.2, 0.25) is 0 Å². The van der Waals surface area contributed by atoms with Crippen molar-refractivity contribution in [2.75, 3.05) is 52.9 Å². The smallest absolute Gasteiger partial charge is 0.364 e. The number of esters is 1. The van der Waals surface area contributed by atoms with Gasteiger partial charge < -0.3 is 246 Å². The molecule has 0 aromatic heterocycles. The third-order valence-electron chi connectivity index (χ3n) is 22.5. The fourth-order valence-electron chi connectivity index (χ4n) is 16.1. The average Bonchev–Trinajstić information content (AvgIpc) is 0.778. The number of nitrogens with two attached hydrogens (primary N) is 1. The minimum atomic E-state index is -3.82. The number of ether oxygens (including phenoxy) is 16. The van der Waals surface area contributed by atoms with Gasteiger partial charge in [0.2, 0.25) is 23.6 Å². The first kappa shape index (κ1) is 107. The zero-order valence-corrected chi connectivity index (χ0v) is 68.4. The van der Waals surface area contributed by atoms with Crippen molar-refractivity contribution >= 4 is 53.5 Å². The Hall–Kier alpha value is -6.37. The number of carboxylic acids is 4. The Morgan fingerprint density at radius 2 is 0.711 bits per heavy atom. The van der Waals surface area contributed by atoms with Crippen LogP contribution in [0, 0.1) is 0 Å². The SMILES string of the molecule is CC(=O)N[C@H]1[C@H](O[C@@H]2[C@H](O[C@]3(C(=O)O)C[C@H](O)[C@@H](NC(C)=O)[C@H]([C@H](O)[C@@H](CO)O[C@]4(C(=O)O)C[C@H](O)[C@@H](NC(C)=O)[C@H]([C@H](O)[C@H](O)CO)O4)O3)[C@@H](O)[C@H](O[C@H]3[C@H](O)[C@@H](O)[C@H](O)O[C@@H]3CO)O[C@@H]2CO)O[C@H](CO)[C@H](O)[C@@H]1O[C@@H]1O[C@H](CO)[C@H](O)[C@H](O[C@]2(C(=O)O)C[C@H](O)[C@@H](NC(C)=O)[C@H]([C@H](O)[C@@H](CO)O[C@]3(C(=O)O)C[C@H](O)[C@@H](N)[C@H]([C@H](O)[C@H](O)COC(C)=O)O3)O2)[C@H]1O. The Kier molecular flexibility index (Phi) is 37.3. The van der Waals surface area contributed by atoms with Gasteiger partial charge in [0, 0.05) is 60.3 Å². The van der Waals surface area contributed by atoms with Crippen molar-refractivity contribution in [1.82, 2.24) is 21.3 Å². The molecular weight excluding hydrogens is 1760 g/mol. The van der Waals surface area contributed by atoms with Crippen molar-refractivity contribution in [3.05, 3.63) is 0 Å². The minimum Gasteiger partial charge on any atom is -0.477 e. The van der Waals surface area contributed by atoms with E-state index < -0.39 is 400 Å². The third-order valence-corrected chi connectivity index (χ3v) is 22.5. The normalized spacial score (nSPS) is 42.5. The fraction of sp³-hybridized carbons (Fsp3) is 0.871. The summed E-state index contributed by atoms with van der Waals surface area (Å²) in [5.41, 5.74) is 6.04. The number of nitrogens with one attached hydrogen (secondary N) is 4. The van der Waals surface area contributed by atoms with Crippen LogP contribution in [0.25, 0.3) is 0 Å². The van der Waals surface area contributed by atoms with E-state index in [2.05, 4.69) is 26.0 Å². The van der Waals surface area contributed by atoms with E-state index in [1.807, 2.05) is 0 Å². The molecule has 34 N–H and O–H groups in total. The monoisotopic (exact) mass is 1870 g/mol. The van der Waals surface area contributed by atoms with Crippen molar-refractivity contribution in [2.24, 2.45) is 5.73 Å². The summed E-state index contributed by atoms with van der Waals surface area (Å²) >= 11 is 0. The molecule has 0 bridgehead atoms. The number of rotatable bonds is 39. The molecule has 0 aromatic carbocycles. The summed E-state index contributed by atoms with van der Waals surface area (Å²) in [7, 11) is 0. The van der Waals surface area contributed by atoms with Crippen LogP contribution in [0.15, 0.2) is 0 Å². The second-order valence-electron chi connectivity index (χ2n) is 31.7. The van der Waals surface area contributed by atoms with Crippen LogP contribution in [0.3, 0.4) is 0 Å². The van der Waals surface area contributed by atoms with Crippen LogP contribution in [0.1, 0.15) is 60.3 Å². The number of aliphatic hydroxyl groups is 24. The van der Waals surface area contributed by atoms with Crippen molar-refractivity contribution in [3.63, 3.8) is 0 Å². The number of carbonyl (C=O) groups excluding carboxylic acids is 5. The van der Waals surface area contributed by atoms with Gasteiger partial charge in [-0.05, 0) is 0 Å². The lowest BCUT2D eigenvalue weighted by Gasteiger charge is -2.53. The van der Waals surface area contributed by atoms with Crippen LogP contribution in [0.4, 0.5) is 0 Å². The van der Waals surface area contributed by atoms with Gasteiger partial charge in [0.05, 0.1) is 94.8 Å². The maximum atomic E-state index is 14.3. The van der Waals surface area contributed by atoms with E-state index in [9.17, 15) is 186 Å². The van der Waals surface area contributed by atoms with Gasteiger partial charge in [-0.2, -0.15) is 0 Å². The molecule has 0 radical (unpaired) electrons. The van der Waals surface area contributed by atoms with Crippen LogP contribution >= 0.6 is 0 Å². The van der Waals surface area contributed by atoms with Crippen molar-refractivity contribution < 1.29 is 262 Å². The molecule has 8 saturated heterocycles. The van der Waals surface area contributed by atoms with E-state index in [0.29, 0.717) is 0 Å². The van der Waals surface area contributed by atoms with E-state index in [0.717, 1.165) is 34.6 Å². The van der Waals surface area contributed by atoms with Crippen molar-refractivity contribution in [2.45, 2.75) is 328 Å². The Balaban J connectivity index is 1.18. The van der Waals surface area contributed by atoms with Crippen LogP contribution < -0.4 is 27.0 Å². The zero-order chi connectivity index (χ0) is 95.9. The Morgan fingerprint density at radius 3 is 1.12 bits per heavy atom. The molecule has 58 nitrogen and oxygen atoms in total. The van der Waals surface area contributed by atoms with Gasteiger partial charge in [0.1, 0.15) is 177 Å². The van der Waals surface area contributed by atoms with Gasteiger partial charge in [-0.1, -0.05) is 0 Å². The van der Waals surface area contributed by atoms with Gasteiger partial charge in [0.15, 0.2) is 25.2 Å². The lowest BCUT2D eigenvalue weighted by atomic mass is 9.87. The Morgan fingerprint density at radius 1 is 0.367 bits per heavy atom. The molecule has 128 heavy (non-hydrogen) atoms. The summed E-state index contributed by atoms with van der Waals surface area (Å²) in [5.74, 6) is -29.0. The quantitative estimate of drug-likeness (QED) is 0.0254. The predicted octanol–water partition coefficient (Wildman–Crippen LogP) is -20.5. The molecule has 0 saturated carbocycles. The predicted molar refractivity (Wildman–Crippen MR) is 391 cm³/mol. The number of aliphatic hydroxyl groups excluding tert-OH is 24. The van der Waals surface area contributed by atoms with E-state index in [1.165, 1.54) is 0 Å². The number of carboxylic acid groups (broad SMARTS) is 4. The highest BCUT2D eigenvalue weighted by atomic mass is 16.8. The van der Waals surface area contributed by atoms with Crippen LogP contribution in [-0.4, -0.2) is 517 Å². The van der Waals surface area contributed by atoms with E-state index in [4.69, 9.17) is 76.8 Å². The summed E-state index contributed by atoms with van der Waals surface area (Å²) in [6, 6.07) is -10.3. The number of hydrogen-bond acceptors (Lipinski definition) is 50. The lowest BCUT2D eigenvalue weighted by Crippen LogP contribution is -2.73. The first-order valence-electron chi connectivity index (χ1n) is 39.6. The summed E-state index contributed by atoms with van der Waals surface area (Å²) in [6.07, 6.45) is -91.8. The Bertz CT molecular complexity index is 3720. The van der Waals surface area contributed by atoms with Gasteiger partial charge in [-0.3, -0.25) is 24.0 Å². The summed E-state index contributed by atoms with van der Waals surface area (Å²) in [6.45, 7) is -6.89. The molecule has 8 heterocycles. The van der Waals surface area contributed by atoms with E-state index in [-0.39, 0.29) is 0 Å². The van der Waals surface area contributed by atoms with Crippen LogP contribution in [-0.2, 0) is 119 Å². The third kappa shape index (κ3) is 23.3. The molecule has 8 rings (SSSR count). The minimum absolute atomic E-state index is 0.762. The highest BCUT2D eigenvalue weighted by Crippen LogP contribution is 2.45. The van der Waals surface area contributed by atoms with Gasteiger partial charge in [0.25, 0.3) is 23.1 Å². The van der Waals surface area contributed by atoms with E-state index >= 15 is 0 Å². The first-order chi connectivity index (χ1) is 59.9. The number of carbonyl (C=O) groups is 9. The number of amides is 4. The summed E-state index contributed by atoms with van der Waals surface area (Å²) in [4.78, 5) is 118. The summed E-state index contributed by atoms with van der Waals surface area (Å²) in [5, 5.41) is 324. The lowest BCUT2D eigenvalue weighted by molar-refractivity contribution is -0.405. The highest BCUT2D eigenvalue weighted by molar-refractivity contribution is 5.79. The molecule has 58 heteroatoms. The van der Waals surface area contributed by atoms with Gasteiger partial charge in [-0.15, -0.1) is 0 Å². The van der Waals surface area contributed by atoms with Gasteiger partial charge in [-0.25, -0.2) is 19.2 Å². The molecule has 736 valence electrons. The molecule has 8 aliphatic rings. The average molecular weight is 1870 g/mol. The molecule has 4 amide bonds. The van der Waals surface area contributed by atoms with Crippen LogP contribution in [0.5, 0.6) is 0 Å². The summed E-state index contributed by atoms with van der Waals surface area (Å²) < 4.78 is 92.2. The number of hydrogen-bond donors (Lipinski definition) is 33. The molecule has 8 aliphatic heterocycles. The molecule has 0 unspecified atom stereocenters. The molecule has 44 atom stereocenters. The Labute approximate surface area is 721 Å². The molecule has 0 spiro atoms. The topological polar surface area (TPSA) is 942 Å². The second-order valence-corrected chi connectivity index (χ2v) is 31.7. The van der Waals surface area contributed by atoms with Crippen molar-refractivity contribution in [1.29, 1.82) is 0 Å². The molecular formula is C70H113N5O53. The van der Waals surface area contributed by atoms with Crippen molar-refractivity contribution in [3.8, 4) is 0 Å². The molecule has 8 fully saturated rings. The second kappa shape index (κ2) is 44.7. The maximum Gasteiger partial charge on any atom is 0.364 e. The molecule has 0 aromatic rings. The number of aliphatic carboxylic acids is 4. The first-order valence-corrected chi connectivity index (χ1v) is 39.6. The maximum absolute atomic E-state index is 14.3.